The van der Waals surface area contributed by atoms with Gasteiger partial charge in [-0.15, -0.1) is 0 Å². The molecule has 1 N–H and O–H groups in total. The Morgan fingerprint density at radius 2 is 1.92 bits per heavy atom. The van der Waals surface area contributed by atoms with Crippen molar-refractivity contribution in [2.75, 3.05) is 18.0 Å². The van der Waals surface area contributed by atoms with Gasteiger partial charge in [0, 0.05) is 35.7 Å². The number of rotatable bonds is 5. The molecule has 0 unspecified atom stereocenters. The first-order valence-corrected chi connectivity index (χ1v) is 8.12. The first-order chi connectivity index (χ1) is 11.5. The van der Waals surface area contributed by atoms with Gasteiger partial charge in [0.2, 0.25) is 5.91 Å². The van der Waals surface area contributed by atoms with Gasteiger partial charge in [-0.05, 0) is 42.5 Å². The van der Waals surface area contributed by atoms with Crippen LogP contribution in [0.25, 0.3) is 0 Å². The van der Waals surface area contributed by atoms with Crippen LogP contribution in [0.1, 0.15) is 22.8 Å². The number of benzene rings is 2. The summed E-state index contributed by atoms with van der Waals surface area (Å²) in [5.74, 6) is -0.323. The Balaban J connectivity index is 1.98. The maximum absolute atomic E-state index is 12.1. The van der Waals surface area contributed by atoms with Crippen LogP contribution in [0.4, 0.5) is 5.69 Å². The molecule has 0 aromatic heterocycles. The third-order valence-electron chi connectivity index (χ3n) is 3.40. The summed E-state index contributed by atoms with van der Waals surface area (Å²) in [7, 11) is 0. The van der Waals surface area contributed by atoms with Gasteiger partial charge in [0.1, 0.15) is 0 Å². The predicted molar refractivity (Wildman–Crippen MR) is 95.7 cm³/mol. The number of hydrogen-bond acceptors (Lipinski definition) is 3. The van der Waals surface area contributed by atoms with Crippen LogP contribution in [0.5, 0.6) is 0 Å². The number of carbonyl (C=O) groups excluding carboxylic acids is 2. The van der Waals surface area contributed by atoms with Crippen molar-refractivity contribution in [3.8, 4) is 6.07 Å². The first-order valence-electron chi connectivity index (χ1n) is 7.33. The lowest BCUT2D eigenvalue weighted by atomic mass is 10.2. The molecule has 0 fully saturated rings. The SMILES string of the molecule is CC(=O)N(CCNC(=O)c1cccc(Br)c1)c1ccc(C#N)cc1. The lowest BCUT2D eigenvalue weighted by Gasteiger charge is -2.21. The first kappa shape index (κ1) is 17.7. The Kier molecular flexibility index (Phi) is 6.10. The maximum Gasteiger partial charge on any atom is 0.251 e. The topological polar surface area (TPSA) is 73.2 Å². The quantitative estimate of drug-likeness (QED) is 0.858. The standard InChI is InChI=1S/C18H16BrN3O2/c1-13(23)22(17-7-5-14(12-20)6-8-17)10-9-21-18(24)15-3-2-4-16(19)11-15/h2-8,11H,9-10H2,1H3,(H,21,24). The highest BCUT2D eigenvalue weighted by molar-refractivity contribution is 9.10. The third-order valence-corrected chi connectivity index (χ3v) is 3.89. The van der Waals surface area contributed by atoms with Crippen LogP contribution in [0, 0.1) is 11.3 Å². The minimum Gasteiger partial charge on any atom is -0.350 e. The molecule has 0 bridgehead atoms. The van der Waals surface area contributed by atoms with Gasteiger partial charge in [-0.2, -0.15) is 5.26 Å². The van der Waals surface area contributed by atoms with Crippen LogP contribution in [-0.4, -0.2) is 24.9 Å². The van der Waals surface area contributed by atoms with Crippen LogP contribution in [0.15, 0.2) is 53.0 Å². The van der Waals surface area contributed by atoms with Gasteiger partial charge < -0.3 is 10.2 Å². The van der Waals surface area contributed by atoms with E-state index in [0.717, 1.165) is 4.47 Å². The van der Waals surface area contributed by atoms with Crippen molar-refractivity contribution < 1.29 is 9.59 Å². The molecule has 0 atom stereocenters. The highest BCUT2D eigenvalue weighted by Gasteiger charge is 2.12. The summed E-state index contributed by atoms with van der Waals surface area (Å²) >= 11 is 3.33. The molecule has 2 aromatic rings. The van der Waals surface area contributed by atoms with Crippen molar-refractivity contribution in [3.63, 3.8) is 0 Å². The van der Waals surface area contributed by atoms with Crippen LogP contribution in [-0.2, 0) is 4.79 Å². The zero-order valence-electron chi connectivity index (χ0n) is 13.1. The summed E-state index contributed by atoms with van der Waals surface area (Å²) in [6.45, 7) is 2.14. The van der Waals surface area contributed by atoms with Gasteiger partial charge in [-0.1, -0.05) is 22.0 Å². The Morgan fingerprint density at radius 3 is 2.50 bits per heavy atom. The van der Waals surface area contributed by atoms with E-state index in [-0.39, 0.29) is 11.8 Å². The zero-order chi connectivity index (χ0) is 17.5. The molecular weight excluding hydrogens is 370 g/mol. The van der Waals surface area contributed by atoms with Crippen molar-refractivity contribution in [2.24, 2.45) is 0 Å². The molecule has 0 radical (unpaired) electrons. The molecule has 2 amide bonds. The molecule has 0 saturated carbocycles. The predicted octanol–water partition coefficient (Wildman–Crippen LogP) is 3.10. The van der Waals surface area contributed by atoms with Crippen LogP contribution >= 0.6 is 15.9 Å². The summed E-state index contributed by atoms with van der Waals surface area (Å²) in [6.07, 6.45) is 0. The van der Waals surface area contributed by atoms with E-state index in [1.54, 1.807) is 47.4 Å². The minimum atomic E-state index is -0.195. The largest absolute Gasteiger partial charge is 0.350 e. The average molecular weight is 386 g/mol. The summed E-state index contributed by atoms with van der Waals surface area (Å²) in [5.41, 5.74) is 1.78. The minimum absolute atomic E-state index is 0.128. The maximum atomic E-state index is 12.1. The second kappa shape index (κ2) is 8.27. The van der Waals surface area contributed by atoms with Gasteiger partial charge in [0.25, 0.3) is 5.91 Å². The molecule has 24 heavy (non-hydrogen) atoms. The van der Waals surface area contributed by atoms with Crippen molar-refractivity contribution >= 4 is 33.4 Å². The number of hydrogen-bond donors (Lipinski definition) is 1. The number of anilines is 1. The fourth-order valence-corrected chi connectivity index (χ4v) is 2.60. The normalized spacial score (nSPS) is 9.88. The van der Waals surface area contributed by atoms with E-state index >= 15 is 0 Å². The highest BCUT2D eigenvalue weighted by atomic mass is 79.9. The van der Waals surface area contributed by atoms with Gasteiger partial charge >= 0.3 is 0 Å². The van der Waals surface area contributed by atoms with Gasteiger partial charge in [0.05, 0.1) is 11.6 Å². The van der Waals surface area contributed by atoms with Gasteiger partial charge in [-0.25, -0.2) is 0 Å². The smallest absolute Gasteiger partial charge is 0.251 e. The highest BCUT2D eigenvalue weighted by Crippen LogP contribution is 2.15. The molecule has 5 nitrogen and oxygen atoms in total. The van der Waals surface area contributed by atoms with E-state index in [2.05, 4.69) is 21.2 Å². The second-order valence-corrected chi connectivity index (χ2v) is 6.01. The van der Waals surface area contributed by atoms with E-state index in [0.29, 0.717) is 29.9 Å². The van der Waals surface area contributed by atoms with E-state index in [4.69, 9.17) is 5.26 Å². The average Bonchev–Trinajstić information content (AvgIpc) is 2.58. The van der Waals surface area contributed by atoms with Gasteiger partial charge in [-0.3, -0.25) is 9.59 Å². The van der Waals surface area contributed by atoms with E-state index in [9.17, 15) is 9.59 Å². The lowest BCUT2D eigenvalue weighted by molar-refractivity contribution is -0.116. The summed E-state index contributed by atoms with van der Waals surface area (Å²) < 4.78 is 0.832. The molecule has 2 rings (SSSR count). The Bertz CT molecular complexity index is 782. The van der Waals surface area contributed by atoms with Crippen molar-refractivity contribution in [1.82, 2.24) is 5.32 Å². The molecule has 0 aliphatic rings. The molecule has 6 heteroatoms. The Labute approximate surface area is 149 Å². The number of nitriles is 1. The summed E-state index contributed by atoms with van der Waals surface area (Å²) in [4.78, 5) is 25.5. The van der Waals surface area contributed by atoms with E-state index < -0.39 is 0 Å². The molecule has 0 aliphatic carbocycles. The molecule has 122 valence electrons. The Hall–Kier alpha value is -2.65. The van der Waals surface area contributed by atoms with Crippen molar-refractivity contribution in [1.29, 1.82) is 5.26 Å². The molecule has 2 aromatic carbocycles. The number of amides is 2. The van der Waals surface area contributed by atoms with Crippen LogP contribution in [0.3, 0.4) is 0 Å². The number of nitrogens with zero attached hydrogens (tertiary/aromatic N) is 2. The fourth-order valence-electron chi connectivity index (χ4n) is 2.20. The molecule has 0 spiro atoms. The number of halogens is 1. The molecular formula is C18H16BrN3O2. The molecule has 0 heterocycles. The zero-order valence-corrected chi connectivity index (χ0v) is 14.7. The number of nitrogens with one attached hydrogen (secondary N) is 1. The monoisotopic (exact) mass is 385 g/mol. The van der Waals surface area contributed by atoms with Crippen molar-refractivity contribution in [3.05, 3.63) is 64.1 Å². The van der Waals surface area contributed by atoms with E-state index in [1.165, 1.54) is 6.92 Å². The van der Waals surface area contributed by atoms with Crippen LogP contribution in [0.2, 0.25) is 0 Å². The fraction of sp³-hybridized carbons (Fsp3) is 0.167. The molecule has 0 saturated heterocycles. The van der Waals surface area contributed by atoms with Gasteiger partial charge in [0.15, 0.2) is 0 Å². The number of carbonyl (C=O) groups is 2. The van der Waals surface area contributed by atoms with E-state index in [1.807, 2.05) is 12.1 Å². The Morgan fingerprint density at radius 1 is 1.21 bits per heavy atom. The third kappa shape index (κ3) is 4.67. The lowest BCUT2D eigenvalue weighted by Crippen LogP contribution is -2.37. The summed E-state index contributed by atoms with van der Waals surface area (Å²) in [5, 5.41) is 11.6. The van der Waals surface area contributed by atoms with Crippen molar-refractivity contribution in [2.45, 2.75) is 6.92 Å². The molecule has 0 aliphatic heterocycles. The van der Waals surface area contributed by atoms with Crippen LogP contribution < -0.4 is 10.2 Å². The second-order valence-electron chi connectivity index (χ2n) is 5.10. The summed E-state index contributed by atoms with van der Waals surface area (Å²) in [6, 6.07) is 15.9.